The molecule has 10 nitrogen and oxygen atoms in total. The molecule has 0 radical (unpaired) electrons. The van der Waals surface area contributed by atoms with Gasteiger partial charge in [0.15, 0.2) is 23.8 Å². The number of hydrogen-bond donors (Lipinski definition) is 2. The number of carbonyl (C=O) groups is 2. The first-order chi connectivity index (χ1) is 17.9. The number of carbonyl (C=O) groups excluding carboxylic acids is 2. The summed E-state index contributed by atoms with van der Waals surface area (Å²) < 4.78 is 65.1. The normalized spacial score (nSPS) is 29.0. The van der Waals surface area contributed by atoms with Crippen LogP contribution in [0.4, 0.5) is 17.6 Å². The second-order valence-electron chi connectivity index (χ2n) is 9.70. The molecule has 3 aliphatic rings. The first kappa shape index (κ1) is 26.1. The van der Waals surface area contributed by atoms with Gasteiger partial charge in [-0.1, -0.05) is 0 Å². The van der Waals surface area contributed by atoms with Gasteiger partial charge in [0, 0.05) is 43.6 Å². The third kappa shape index (κ3) is 3.69. The maximum Gasteiger partial charge on any atom is 0.274 e. The Morgan fingerprint density at radius 2 is 1.92 bits per heavy atom. The van der Waals surface area contributed by atoms with Gasteiger partial charge < -0.3 is 25.0 Å². The van der Waals surface area contributed by atoms with Crippen LogP contribution in [0.5, 0.6) is 5.75 Å². The molecule has 3 N–H and O–H groups in total. The van der Waals surface area contributed by atoms with Gasteiger partial charge >= 0.3 is 0 Å². The number of aromatic hydroxyl groups is 1. The number of halogens is 4. The monoisotopic (exact) mass is 540 g/mol. The van der Waals surface area contributed by atoms with Crippen molar-refractivity contribution in [3.05, 3.63) is 62.8 Å². The van der Waals surface area contributed by atoms with Crippen molar-refractivity contribution in [1.29, 1.82) is 0 Å². The summed E-state index contributed by atoms with van der Waals surface area (Å²) in [5, 5.41) is 11.5. The summed E-state index contributed by atoms with van der Waals surface area (Å²) >= 11 is 0. The number of nitrogens with zero attached hydrogens (tertiary/aromatic N) is 3. The lowest BCUT2D eigenvalue weighted by Crippen LogP contribution is -2.55. The summed E-state index contributed by atoms with van der Waals surface area (Å²) in [7, 11) is 1.17. The van der Waals surface area contributed by atoms with Crippen molar-refractivity contribution in [3.8, 4) is 5.75 Å². The molecule has 2 aromatic rings. The fourth-order valence-electron chi connectivity index (χ4n) is 5.65. The SMILES string of the molecule is COC1[C@@H](F)[C@]2(CC[C@H](C)N3C[C@H]2n2cc(C(N)=O)c(=O)c(O)c2C3=O)ON1Cc1c(F)cc(F)cc1F. The fourth-order valence-corrected chi connectivity index (χ4v) is 5.65. The average Bonchev–Trinajstić information content (AvgIpc) is 3.04. The first-order valence-electron chi connectivity index (χ1n) is 11.8. The fraction of sp³-hybridized carbons (Fsp3) is 0.458. The summed E-state index contributed by atoms with van der Waals surface area (Å²) in [5.74, 6) is -6.45. The zero-order chi connectivity index (χ0) is 27.7. The number of alkyl halides is 1. The summed E-state index contributed by atoms with van der Waals surface area (Å²) in [6, 6.07) is -0.623. The second-order valence-corrected chi connectivity index (χ2v) is 9.70. The van der Waals surface area contributed by atoms with E-state index in [0.29, 0.717) is 12.1 Å². The summed E-state index contributed by atoms with van der Waals surface area (Å²) in [4.78, 5) is 45.2. The molecule has 204 valence electrons. The molecule has 2 fully saturated rings. The second kappa shape index (κ2) is 9.06. The van der Waals surface area contributed by atoms with E-state index in [1.807, 2.05) is 0 Å². The van der Waals surface area contributed by atoms with Gasteiger partial charge in [-0.25, -0.2) is 17.6 Å². The Morgan fingerprint density at radius 1 is 1.26 bits per heavy atom. The van der Waals surface area contributed by atoms with Gasteiger partial charge in [-0.15, -0.1) is 0 Å². The number of pyridine rings is 1. The van der Waals surface area contributed by atoms with Gasteiger partial charge in [-0.3, -0.25) is 19.2 Å². The highest BCUT2D eigenvalue weighted by molar-refractivity contribution is 5.99. The van der Waals surface area contributed by atoms with Crippen molar-refractivity contribution >= 4 is 11.8 Å². The number of hydrogen-bond acceptors (Lipinski definition) is 7. The van der Waals surface area contributed by atoms with E-state index in [1.54, 1.807) is 6.92 Å². The highest BCUT2D eigenvalue weighted by Gasteiger charge is 2.63. The van der Waals surface area contributed by atoms with E-state index >= 15 is 4.39 Å². The molecule has 2 bridgehead atoms. The molecule has 3 aliphatic heterocycles. The van der Waals surface area contributed by atoms with Gasteiger partial charge in [-0.2, -0.15) is 5.06 Å². The third-order valence-corrected chi connectivity index (χ3v) is 7.64. The van der Waals surface area contributed by atoms with Crippen molar-refractivity contribution in [2.24, 2.45) is 5.73 Å². The summed E-state index contributed by atoms with van der Waals surface area (Å²) in [6.07, 6.45) is -2.28. The molecule has 1 aromatic heterocycles. The van der Waals surface area contributed by atoms with Gasteiger partial charge in [0.2, 0.25) is 5.43 Å². The average molecular weight is 540 g/mol. The number of nitrogens with two attached hydrogens (primary N) is 1. The number of amides is 2. The van der Waals surface area contributed by atoms with Crippen LogP contribution >= 0.6 is 0 Å². The molecule has 5 atom stereocenters. The molecular weight excluding hydrogens is 516 g/mol. The number of primary amides is 1. The number of benzene rings is 1. The molecule has 38 heavy (non-hydrogen) atoms. The van der Waals surface area contributed by atoms with Crippen LogP contribution in [0.3, 0.4) is 0 Å². The third-order valence-electron chi connectivity index (χ3n) is 7.64. The van der Waals surface area contributed by atoms with Crippen LogP contribution in [-0.2, 0) is 16.1 Å². The molecule has 1 spiro atoms. The predicted octanol–water partition coefficient (Wildman–Crippen LogP) is 1.75. The standard InChI is InChI=1S/C24H24F4N4O6/c1-10-3-4-24(16-9-30(10)22(36)17-19(34)18(33)13(21(29)35)7-31(16)17)20(28)23(37-2)32(38-24)8-12-14(26)5-11(25)6-15(12)27/h5-7,10,16,20,23,34H,3-4,8-9H2,1-2H3,(H2,29,35)/t10-,16+,20+,23?,24+/m0/s1. The minimum absolute atomic E-state index is 0.0211. The van der Waals surface area contributed by atoms with Crippen molar-refractivity contribution < 1.29 is 41.8 Å². The highest BCUT2D eigenvalue weighted by atomic mass is 19.1. The molecule has 5 rings (SSSR count). The molecule has 1 aromatic carbocycles. The molecule has 2 saturated heterocycles. The lowest BCUT2D eigenvalue weighted by Gasteiger charge is -2.43. The van der Waals surface area contributed by atoms with E-state index in [0.717, 1.165) is 15.8 Å². The minimum atomic E-state index is -1.98. The van der Waals surface area contributed by atoms with E-state index in [2.05, 4.69) is 0 Å². The minimum Gasteiger partial charge on any atom is -0.503 e. The Hall–Kier alpha value is -3.49. The van der Waals surface area contributed by atoms with Crippen molar-refractivity contribution in [2.75, 3.05) is 13.7 Å². The van der Waals surface area contributed by atoms with Crippen LogP contribution in [0.2, 0.25) is 0 Å². The molecule has 0 aliphatic carbocycles. The van der Waals surface area contributed by atoms with Crippen molar-refractivity contribution in [2.45, 2.75) is 56.4 Å². The van der Waals surface area contributed by atoms with Crippen LogP contribution in [0, 0.1) is 17.5 Å². The molecule has 14 heteroatoms. The number of ether oxygens (including phenoxy) is 1. The lowest BCUT2D eigenvalue weighted by atomic mass is 9.83. The quantitative estimate of drug-likeness (QED) is 0.566. The Labute approximate surface area is 213 Å². The predicted molar refractivity (Wildman–Crippen MR) is 121 cm³/mol. The number of rotatable bonds is 4. The van der Waals surface area contributed by atoms with Crippen LogP contribution in [0.1, 0.15) is 52.2 Å². The topological polar surface area (TPSA) is 127 Å². The Balaban J connectivity index is 1.66. The van der Waals surface area contributed by atoms with Gasteiger partial charge in [0.05, 0.1) is 12.6 Å². The maximum atomic E-state index is 16.4. The largest absolute Gasteiger partial charge is 0.503 e. The van der Waals surface area contributed by atoms with E-state index in [9.17, 15) is 32.7 Å². The number of hydroxylamine groups is 2. The summed E-state index contributed by atoms with van der Waals surface area (Å²) in [5.41, 5.74) is 0.647. The molecular formula is C24H24F4N4O6. The Morgan fingerprint density at radius 3 is 2.53 bits per heavy atom. The molecule has 0 saturated carbocycles. The number of methoxy groups -OCH3 is 1. The molecule has 4 heterocycles. The zero-order valence-corrected chi connectivity index (χ0v) is 20.3. The summed E-state index contributed by atoms with van der Waals surface area (Å²) in [6.45, 7) is 0.906. The van der Waals surface area contributed by atoms with Gasteiger partial charge in [0.25, 0.3) is 11.8 Å². The smallest absolute Gasteiger partial charge is 0.274 e. The van der Waals surface area contributed by atoms with E-state index in [4.69, 9.17) is 15.3 Å². The maximum absolute atomic E-state index is 16.4. The molecule has 2 amide bonds. The Kier molecular flexibility index (Phi) is 6.23. The van der Waals surface area contributed by atoms with Crippen LogP contribution in [0.15, 0.2) is 23.1 Å². The van der Waals surface area contributed by atoms with Gasteiger partial charge in [-0.05, 0) is 19.8 Å². The highest BCUT2D eigenvalue weighted by Crippen LogP contribution is 2.50. The van der Waals surface area contributed by atoms with Crippen LogP contribution in [-0.4, -0.2) is 69.1 Å². The van der Waals surface area contributed by atoms with E-state index in [1.165, 1.54) is 12.0 Å². The number of fused-ring (bicyclic) bond motifs is 5. The lowest BCUT2D eigenvalue weighted by molar-refractivity contribution is -0.253. The molecule has 1 unspecified atom stereocenters. The van der Waals surface area contributed by atoms with Crippen LogP contribution < -0.4 is 11.2 Å². The zero-order valence-electron chi connectivity index (χ0n) is 20.3. The van der Waals surface area contributed by atoms with Gasteiger partial charge in [0.1, 0.15) is 28.6 Å². The Bertz CT molecular complexity index is 1380. The van der Waals surface area contributed by atoms with Crippen LogP contribution in [0.25, 0.3) is 0 Å². The van der Waals surface area contributed by atoms with E-state index in [-0.39, 0.29) is 19.4 Å². The van der Waals surface area contributed by atoms with Crippen molar-refractivity contribution in [1.82, 2.24) is 14.5 Å². The first-order valence-corrected chi connectivity index (χ1v) is 11.8. The van der Waals surface area contributed by atoms with Crippen molar-refractivity contribution in [3.63, 3.8) is 0 Å². The van der Waals surface area contributed by atoms with E-state index < -0.39 is 93.9 Å². The number of aromatic nitrogens is 1.